The molecule has 0 bridgehead atoms. The normalized spacial score (nSPS) is 18.7. The molecule has 4 N–H and O–H groups in total. The number of carboxylic acid groups (broad SMARTS) is 1. The summed E-state index contributed by atoms with van der Waals surface area (Å²) in [7, 11) is 3.26. The Hall–Kier alpha value is -4.62. The van der Waals surface area contributed by atoms with E-state index in [0.29, 0.717) is 71.2 Å². The largest absolute Gasteiger partial charge is 0.477 e. The number of fused-ring (bicyclic) bond motifs is 5. The average Bonchev–Trinajstić information content (AvgIpc) is 3.74. The molecule has 7 rings (SSSR count). The quantitative estimate of drug-likeness (QED) is 0.206. The van der Waals surface area contributed by atoms with Crippen LogP contribution in [0.1, 0.15) is 34.5 Å². The van der Waals surface area contributed by atoms with Crippen molar-refractivity contribution in [3.63, 3.8) is 0 Å². The Kier molecular flexibility index (Phi) is 7.16. The number of hydrogen-bond donors (Lipinski definition) is 4. The molecule has 45 heavy (non-hydrogen) atoms. The van der Waals surface area contributed by atoms with Crippen molar-refractivity contribution in [2.24, 2.45) is 5.92 Å². The lowest BCUT2D eigenvalue weighted by molar-refractivity contribution is 0.0695. The Morgan fingerprint density at radius 1 is 1.13 bits per heavy atom. The number of likely N-dealkylation sites (tertiary alicyclic amines) is 1. The van der Waals surface area contributed by atoms with Gasteiger partial charge in [0.15, 0.2) is 17.3 Å². The van der Waals surface area contributed by atoms with Crippen LogP contribution < -0.4 is 21.1 Å². The van der Waals surface area contributed by atoms with Gasteiger partial charge in [0.1, 0.15) is 5.56 Å². The zero-order chi connectivity index (χ0) is 31.6. The van der Waals surface area contributed by atoms with Crippen molar-refractivity contribution in [2.45, 2.75) is 25.3 Å². The number of hydrogen-bond acceptors (Lipinski definition) is 9. The molecule has 1 aromatic carbocycles. The fourth-order valence-corrected chi connectivity index (χ4v) is 7.44. The van der Waals surface area contributed by atoms with E-state index in [2.05, 4.69) is 25.5 Å². The molecule has 2 aliphatic heterocycles. The monoisotopic (exact) mass is 617 g/mol. The van der Waals surface area contributed by atoms with Gasteiger partial charge < -0.3 is 25.9 Å². The summed E-state index contributed by atoms with van der Waals surface area (Å²) in [4.78, 5) is 39.1. The number of pyridine rings is 3. The van der Waals surface area contributed by atoms with E-state index in [1.54, 1.807) is 32.6 Å². The SMILES string of the molecule is CNc1cc(F)c(F)c2c1Cc1ncc(-c3cnc4c(c3)c(=O)c(C(=O)O)cn4NC)c(N3CC4[C@H](CCN4CCCO)C3)c1-2. The molecule has 234 valence electrons. The number of rotatable bonds is 8. The van der Waals surface area contributed by atoms with Gasteiger partial charge in [-0.3, -0.25) is 14.7 Å². The Bertz CT molecular complexity index is 1930. The van der Waals surface area contributed by atoms with Gasteiger partial charge in [-0.05, 0) is 36.9 Å². The van der Waals surface area contributed by atoms with Gasteiger partial charge in [-0.25, -0.2) is 23.2 Å². The maximum absolute atomic E-state index is 15.8. The summed E-state index contributed by atoms with van der Waals surface area (Å²) < 4.78 is 32.2. The topological polar surface area (TPSA) is 136 Å². The molecule has 11 nitrogen and oxygen atoms in total. The summed E-state index contributed by atoms with van der Waals surface area (Å²) in [5.41, 5.74) is 6.21. The predicted molar refractivity (Wildman–Crippen MR) is 167 cm³/mol. The standard InChI is InChI=1S/C32H33F2N7O4/c1-35-23-10-22(33)28(34)26-18(23)9-24-27(26)29(40-13-16-4-6-39(5-3-7-42)25(16)15-40)20(12-37-24)17-8-19-30(43)21(32(44)45)14-41(36-2)31(19)38-11-17/h8,10-12,14,16,25,35-36,42H,3-7,9,13,15H2,1-2H3,(H,44,45)/t16-,25?/m1/s1. The van der Waals surface area contributed by atoms with Crippen molar-refractivity contribution >= 4 is 28.4 Å². The molecule has 1 unspecified atom stereocenters. The highest BCUT2D eigenvalue weighted by Crippen LogP contribution is 2.51. The number of nitrogens with one attached hydrogen (secondary N) is 2. The molecule has 0 amide bonds. The maximum atomic E-state index is 15.8. The summed E-state index contributed by atoms with van der Waals surface area (Å²) in [6.45, 7) is 3.16. The molecular formula is C32H33F2N7O4. The number of halogens is 2. The summed E-state index contributed by atoms with van der Waals surface area (Å²) in [5, 5.41) is 22.2. The summed E-state index contributed by atoms with van der Waals surface area (Å²) in [6.07, 6.45) is 6.45. The van der Waals surface area contributed by atoms with Crippen LogP contribution in [0, 0.1) is 17.6 Å². The summed E-state index contributed by atoms with van der Waals surface area (Å²) in [5.74, 6) is -2.91. The lowest BCUT2D eigenvalue weighted by Crippen LogP contribution is -2.36. The molecule has 3 aliphatic rings. The Balaban J connectivity index is 1.45. The predicted octanol–water partition coefficient (Wildman–Crippen LogP) is 3.11. The maximum Gasteiger partial charge on any atom is 0.341 e. The summed E-state index contributed by atoms with van der Waals surface area (Å²) in [6, 6.07) is 2.99. The van der Waals surface area contributed by atoms with Crippen molar-refractivity contribution in [1.82, 2.24) is 19.5 Å². The molecule has 4 aromatic rings. The Morgan fingerprint density at radius 3 is 2.69 bits per heavy atom. The van der Waals surface area contributed by atoms with Crippen molar-refractivity contribution in [3.05, 3.63) is 69.4 Å². The van der Waals surface area contributed by atoms with Crippen LogP contribution in [0.3, 0.4) is 0 Å². The highest BCUT2D eigenvalue weighted by Gasteiger charge is 2.43. The minimum Gasteiger partial charge on any atom is -0.477 e. The number of aliphatic hydroxyl groups excluding tert-OH is 1. The summed E-state index contributed by atoms with van der Waals surface area (Å²) >= 11 is 0. The first-order valence-corrected chi connectivity index (χ1v) is 15.0. The third kappa shape index (κ3) is 4.52. The fraction of sp³-hybridized carbons (Fsp3) is 0.375. The van der Waals surface area contributed by atoms with Crippen molar-refractivity contribution in [2.75, 3.05) is 62.5 Å². The van der Waals surface area contributed by atoms with Crippen LogP contribution in [0.15, 0.2) is 35.5 Å². The number of nitrogens with zero attached hydrogens (tertiary/aromatic N) is 5. The number of carboxylic acids is 1. The molecule has 0 radical (unpaired) electrons. The van der Waals surface area contributed by atoms with Gasteiger partial charge >= 0.3 is 5.97 Å². The molecule has 3 aromatic heterocycles. The van der Waals surface area contributed by atoms with E-state index < -0.39 is 28.6 Å². The van der Waals surface area contributed by atoms with Crippen LogP contribution in [-0.2, 0) is 6.42 Å². The van der Waals surface area contributed by atoms with Crippen molar-refractivity contribution in [3.8, 4) is 22.3 Å². The Morgan fingerprint density at radius 2 is 1.96 bits per heavy atom. The lowest BCUT2D eigenvalue weighted by Gasteiger charge is -2.28. The van der Waals surface area contributed by atoms with E-state index >= 15 is 8.78 Å². The number of carbonyl (C=O) groups is 1. The zero-order valence-corrected chi connectivity index (χ0v) is 24.9. The highest BCUT2D eigenvalue weighted by atomic mass is 19.2. The van der Waals surface area contributed by atoms with Gasteiger partial charge in [0.25, 0.3) is 0 Å². The van der Waals surface area contributed by atoms with E-state index in [9.17, 15) is 19.8 Å². The van der Waals surface area contributed by atoms with Gasteiger partial charge in [-0.2, -0.15) is 0 Å². The number of anilines is 2. The van der Waals surface area contributed by atoms with Gasteiger partial charge in [0, 0.05) is 105 Å². The smallest absolute Gasteiger partial charge is 0.341 e. The number of benzene rings is 1. The van der Waals surface area contributed by atoms with E-state index in [1.165, 1.54) is 16.9 Å². The molecular weight excluding hydrogens is 584 g/mol. The minimum absolute atomic E-state index is 0.0942. The molecule has 0 saturated carbocycles. The first-order valence-electron chi connectivity index (χ1n) is 15.0. The number of aromatic carboxylic acids is 1. The first-order chi connectivity index (χ1) is 21.7. The third-order valence-electron chi connectivity index (χ3n) is 9.53. The second kappa shape index (κ2) is 11.1. The first kappa shape index (κ1) is 29.1. The van der Waals surface area contributed by atoms with Crippen LogP contribution in [0.4, 0.5) is 20.2 Å². The molecule has 1 aliphatic carbocycles. The Labute approximate surface area is 257 Å². The van der Waals surface area contributed by atoms with Crippen LogP contribution in [0.25, 0.3) is 33.3 Å². The van der Waals surface area contributed by atoms with Crippen molar-refractivity contribution in [1.29, 1.82) is 0 Å². The van der Waals surface area contributed by atoms with Crippen LogP contribution in [0.2, 0.25) is 0 Å². The third-order valence-corrected chi connectivity index (χ3v) is 9.53. The number of aliphatic hydroxyl groups is 1. The zero-order valence-electron chi connectivity index (χ0n) is 24.9. The fourth-order valence-electron chi connectivity index (χ4n) is 7.44. The van der Waals surface area contributed by atoms with Gasteiger partial charge in [0.05, 0.1) is 16.8 Å². The van der Waals surface area contributed by atoms with Crippen LogP contribution >= 0.6 is 0 Å². The molecule has 2 atom stereocenters. The van der Waals surface area contributed by atoms with E-state index in [1.807, 2.05) is 0 Å². The van der Waals surface area contributed by atoms with Crippen molar-refractivity contribution < 1.29 is 23.8 Å². The highest BCUT2D eigenvalue weighted by molar-refractivity contribution is 5.98. The van der Waals surface area contributed by atoms with Gasteiger partial charge in [-0.1, -0.05) is 0 Å². The van der Waals surface area contributed by atoms with E-state index in [0.717, 1.165) is 19.5 Å². The second-order valence-electron chi connectivity index (χ2n) is 11.8. The number of aromatic nitrogens is 3. The van der Waals surface area contributed by atoms with Gasteiger partial charge in [-0.15, -0.1) is 0 Å². The molecule has 2 fully saturated rings. The van der Waals surface area contributed by atoms with Crippen LogP contribution in [-0.4, -0.2) is 88.6 Å². The average molecular weight is 618 g/mol. The van der Waals surface area contributed by atoms with E-state index in [4.69, 9.17) is 4.98 Å². The minimum atomic E-state index is -1.36. The second-order valence-corrected chi connectivity index (χ2v) is 11.8. The van der Waals surface area contributed by atoms with Gasteiger partial charge in [0.2, 0.25) is 5.43 Å². The molecule has 5 heterocycles. The van der Waals surface area contributed by atoms with E-state index in [-0.39, 0.29) is 29.2 Å². The van der Waals surface area contributed by atoms with Crippen LogP contribution in [0.5, 0.6) is 0 Å². The molecule has 13 heteroatoms. The lowest BCUT2D eigenvalue weighted by atomic mass is 9.97. The molecule has 0 spiro atoms. The molecule has 2 saturated heterocycles.